The van der Waals surface area contributed by atoms with Crippen molar-refractivity contribution in [3.63, 3.8) is 0 Å². The zero-order chi connectivity index (χ0) is 20.4. The Morgan fingerprint density at radius 1 is 1.07 bits per heavy atom. The first kappa shape index (κ1) is 19.7. The number of halogens is 4. The van der Waals surface area contributed by atoms with Gasteiger partial charge in [0.25, 0.3) is 0 Å². The van der Waals surface area contributed by atoms with Crippen molar-refractivity contribution in [1.29, 1.82) is 0 Å². The molecule has 1 saturated heterocycles. The van der Waals surface area contributed by atoms with E-state index in [9.17, 15) is 13.2 Å². The second-order valence-electron chi connectivity index (χ2n) is 6.69. The highest BCUT2D eigenvalue weighted by Crippen LogP contribution is 2.31. The molecule has 0 N–H and O–H groups in total. The number of piperazine rings is 1. The highest BCUT2D eigenvalue weighted by molar-refractivity contribution is 6.29. The van der Waals surface area contributed by atoms with E-state index in [2.05, 4.69) is 24.9 Å². The number of pyridine rings is 1. The highest BCUT2D eigenvalue weighted by atomic mass is 35.5. The van der Waals surface area contributed by atoms with Gasteiger partial charge in [-0.25, -0.2) is 4.98 Å². The van der Waals surface area contributed by atoms with E-state index in [-0.39, 0.29) is 11.4 Å². The first-order valence-electron chi connectivity index (χ1n) is 8.97. The van der Waals surface area contributed by atoms with Crippen LogP contribution in [0, 0.1) is 0 Å². The molecule has 0 amide bonds. The van der Waals surface area contributed by atoms with Gasteiger partial charge in [-0.3, -0.25) is 4.90 Å². The lowest BCUT2D eigenvalue weighted by atomic mass is 10.1. The molecule has 2 aromatic heterocycles. The Hall–Kier alpha value is -2.65. The Bertz CT molecular complexity index is 986. The van der Waals surface area contributed by atoms with Crippen LogP contribution in [0.25, 0.3) is 11.4 Å². The molecule has 0 spiro atoms. The Morgan fingerprint density at radius 3 is 2.59 bits per heavy atom. The van der Waals surface area contributed by atoms with Crippen molar-refractivity contribution < 1.29 is 17.7 Å². The van der Waals surface area contributed by atoms with E-state index in [4.69, 9.17) is 16.1 Å². The van der Waals surface area contributed by atoms with Gasteiger partial charge in [-0.05, 0) is 24.3 Å². The molecule has 1 aliphatic heterocycles. The van der Waals surface area contributed by atoms with E-state index in [0.29, 0.717) is 17.6 Å². The molecule has 0 aliphatic carbocycles. The largest absolute Gasteiger partial charge is 0.416 e. The molecule has 1 fully saturated rings. The van der Waals surface area contributed by atoms with Crippen molar-refractivity contribution in [2.75, 3.05) is 31.1 Å². The van der Waals surface area contributed by atoms with Crippen molar-refractivity contribution in [2.24, 2.45) is 0 Å². The molecule has 0 saturated carbocycles. The van der Waals surface area contributed by atoms with Crippen molar-refractivity contribution >= 4 is 17.3 Å². The monoisotopic (exact) mass is 423 g/mol. The lowest BCUT2D eigenvalue weighted by molar-refractivity contribution is -0.137. The summed E-state index contributed by atoms with van der Waals surface area (Å²) in [5.41, 5.74) is 0.553. The summed E-state index contributed by atoms with van der Waals surface area (Å²) >= 11 is 5.95. The summed E-state index contributed by atoms with van der Waals surface area (Å²) < 4.78 is 43.9. The number of alkyl halides is 3. The van der Waals surface area contributed by atoms with Crippen LogP contribution in [-0.2, 0) is 12.7 Å². The summed E-state index contributed by atoms with van der Waals surface area (Å²) in [5.74, 6) is 0.522. The van der Waals surface area contributed by atoms with Crippen LogP contribution in [0.15, 0.2) is 47.1 Å². The minimum absolute atomic E-state index is 0.149. The predicted molar refractivity (Wildman–Crippen MR) is 101 cm³/mol. The third-order valence-electron chi connectivity index (χ3n) is 4.72. The Labute approximate surface area is 169 Å². The molecule has 3 heterocycles. The van der Waals surface area contributed by atoms with Crippen molar-refractivity contribution in [2.45, 2.75) is 12.7 Å². The highest BCUT2D eigenvalue weighted by Gasteiger charge is 2.31. The first-order valence-corrected chi connectivity index (χ1v) is 9.35. The summed E-state index contributed by atoms with van der Waals surface area (Å²) in [7, 11) is 0. The topological polar surface area (TPSA) is 58.3 Å². The second kappa shape index (κ2) is 8.00. The summed E-state index contributed by atoms with van der Waals surface area (Å²) in [4.78, 5) is 12.6. The van der Waals surface area contributed by atoms with Crippen LogP contribution in [0.4, 0.5) is 18.9 Å². The number of nitrogens with zero attached hydrogens (tertiary/aromatic N) is 5. The van der Waals surface area contributed by atoms with E-state index in [1.807, 2.05) is 12.1 Å². The molecule has 0 radical (unpaired) electrons. The van der Waals surface area contributed by atoms with E-state index in [1.165, 1.54) is 12.1 Å². The molecule has 0 unspecified atom stereocenters. The molecule has 1 aromatic carbocycles. The number of hydrogen-bond donors (Lipinski definition) is 0. The molecule has 0 bridgehead atoms. The van der Waals surface area contributed by atoms with Gasteiger partial charge >= 0.3 is 6.18 Å². The SMILES string of the molecule is FC(F)(F)c1cccc(-c2noc(CN3CCN(c4ccnc(Cl)c4)CC3)n2)c1. The number of rotatable bonds is 4. The Morgan fingerprint density at radius 2 is 1.86 bits per heavy atom. The quantitative estimate of drug-likeness (QED) is 0.588. The molecule has 1 aliphatic rings. The predicted octanol–water partition coefficient (Wildman–Crippen LogP) is 4.13. The van der Waals surface area contributed by atoms with Gasteiger partial charge in [0.15, 0.2) is 0 Å². The fourth-order valence-corrected chi connectivity index (χ4v) is 3.38. The third-order valence-corrected chi connectivity index (χ3v) is 4.93. The molecular formula is C19H17ClF3N5O. The van der Waals surface area contributed by atoms with Gasteiger partial charge in [0, 0.05) is 43.6 Å². The maximum Gasteiger partial charge on any atom is 0.416 e. The molecule has 0 atom stereocenters. The normalized spacial score (nSPS) is 15.7. The summed E-state index contributed by atoms with van der Waals surface area (Å²) in [6, 6.07) is 8.64. The average molecular weight is 424 g/mol. The number of aromatic nitrogens is 3. The van der Waals surface area contributed by atoms with Crippen LogP contribution >= 0.6 is 11.6 Å². The first-order chi connectivity index (χ1) is 13.9. The zero-order valence-electron chi connectivity index (χ0n) is 15.2. The maximum atomic E-state index is 12.9. The minimum Gasteiger partial charge on any atom is -0.369 e. The number of anilines is 1. The van der Waals surface area contributed by atoms with Crippen LogP contribution in [-0.4, -0.2) is 46.2 Å². The van der Waals surface area contributed by atoms with E-state index in [0.717, 1.165) is 44.0 Å². The van der Waals surface area contributed by atoms with Crippen LogP contribution < -0.4 is 4.90 Å². The lowest BCUT2D eigenvalue weighted by Crippen LogP contribution is -2.46. The molecule has 4 rings (SSSR count). The molecule has 29 heavy (non-hydrogen) atoms. The Balaban J connectivity index is 1.38. The maximum absolute atomic E-state index is 12.9. The van der Waals surface area contributed by atoms with Crippen LogP contribution in [0.1, 0.15) is 11.5 Å². The van der Waals surface area contributed by atoms with Gasteiger partial charge in [0.05, 0.1) is 12.1 Å². The van der Waals surface area contributed by atoms with Gasteiger partial charge in [0.1, 0.15) is 5.15 Å². The van der Waals surface area contributed by atoms with Crippen LogP contribution in [0.2, 0.25) is 5.15 Å². The summed E-state index contributed by atoms with van der Waals surface area (Å²) in [6.07, 6.45) is -2.74. The van der Waals surface area contributed by atoms with Gasteiger partial charge in [0.2, 0.25) is 11.7 Å². The fourth-order valence-electron chi connectivity index (χ4n) is 3.22. The zero-order valence-corrected chi connectivity index (χ0v) is 16.0. The van der Waals surface area contributed by atoms with Crippen LogP contribution in [0.5, 0.6) is 0 Å². The summed E-state index contributed by atoms with van der Waals surface area (Å²) in [6.45, 7) is 3.60. The van der Waals surface area contributed by atoms with Crippen molar-refractivity contribution in [1.82, 2.24) is 20.0 Å². The molecule has 10 heteroatoms. The molecule has 6 nitrogen and oxygen atoms in total. The second-order valence-corrected chi connectivity index (χ2v) is 7.08. The number of hydrogen-bond acceptors (Lipinski definition) is 6. The third kappa shape index (κ3) is 4.68. The van der Waals surface area contributed by atoms with E-state index < -0.39 is 11.7 Å². The van der Waals surface area contributed by atoms with Crippen molar-refractivity contribution in [3.05, 3.63) is 59.2 Å². The smallest absolute Gasteiger partial charge is 0.369 e. The van der Waals surface area contributed by atoms with Crippen LogP contribution in [0.3, 0.4) is 0 Å². The average Bonchev–Trinajstić information content (AvgIpc) is 3.17. The Kier molecular flexibility index (Phi) is 5.42. The van der Waals surface area contributed by atoms with Gasteiger partial charge < -0.3 is 9.42 Å². The fraction of sp³-hybridized carbons (Fsp3) is 0.316. The summed E-state index contributed by atoms with van der Waals surface area (Å²) in [5, 5.41) is 4.29. The molecule has 3 aromatic rings. The van der Waals surface area contributed by atoms with Gasteiger partial charge in [-0.15, -0.1) is 0 Å². The minimum atomic E-state index is -4.42. The standard InChI is InChI=1S/C19H17ClF3N5O/c20-16-11-15(4-5-24-16)28-8-6-27(7-9-28)12-17-25-18(26-29-17)13-2-1-3-14(10-13)19(21,22)23/h1-5,10-11H,6-9,12H2. The molecular weight excluding hydrogens is 407 g/mol. The van der Waals surface area contributed by atoms with Gasteiger partial charge in [-0.2, -0.15) is 18.2 Å². The van der Waals surface area contributed by atoms with Crippen molar-refractivity contribution in [3.8, 4) is 11.4 Å². The molecule has 152 valence electrons. The van der Waals surface area contributed by atoms with Gasteiger partial charge in [-0.1, -0.05) is 28.9 Å². The van der Waals surface area contributed by atoms with E-state index in [1.54, 1.807) is 6.20 Å². The number of benzene rings is 1. The van der Waals surface area contributed by atoms with E-state index >= 15 is 0 Å². The lowest BCUT2D eigenvalue weighted by Gasteiger charge is -2.35.